The number of aromatic nitrogens is 7. The highest BCUT2D eigenvalue weighted by Crippen LogP contribution is 2.03. The van der Waals surface area contributed by atoms with Crippen molar-refractivity contribution < 1.29 is 4.79 Å². The largest absolute Gasteiger partial charge is 0.343 e. The van der Waals surface area contributed by atoms with E-state index in [1.807, 2.05) is 0 Å². The minimum atomic E-state index is -0.447. The molecule has 10 nitrogen and oxygen atoms in total. The van der Waals surface area contributed by atoms with Gasteiger partial charge in [-0.15, -0.1) is 0 Å². The first-order valence-corrected chi connectivity index (χ1v) is 7.23. The Balaban J connectivity index is 1.80. The van der Waals surface area contributed by atoms with Crippen molar-refractivity contribution in [1.82, 2.24) is 40.2 Å². The van der Waals surface area contributed by atoms with E-state index in [0.29, 0.717) is 11.6 Å². The molecule has 3 N–H and O–H groups in total. The van der Waals surface area contributed by atoms with E-state index in [4.69, 9.17) is 0 Å². The zero-order chi connectivity index (χ0) is 17.3. The summed E-state index contributed by atoms with van der Waals surface area (Å²) in [6.07, 6.45) is 0. The Kier molecular flexibility index (Phi) is 3.94. The van der Waals surface area contributed by atoms with Crippen LogP contribution in [0.25, 0.3) is 5.95 Å². The van der Waals surface area contributed by atoms with Gasteiger partial charge < -0.3 is 5.32 Å². The summed E-state index contributed by atoms with van der Waals surface area (Å²) in [5.74, 6) is 0.866. The Hall–Kier alpha value is -3.30. The van der Waals surface area contributed by atoms with E-state index < -0.39 is 11.5 Å². The second kappa shape index (κ2) is 6.07. The molecule has 0 fully saturated rings. The highest BCUT2D eigenvalue weighted by atomic mass is 16.2. The number of hydrogen-bond acceptors (Lipinski definition) is 6. The van der Waals surface area contributed by atoms with E-state index in [0.717, 1.165) is 16.1 Å². The molecule has 24 heavy (non-hydrogen) atoms. The summed E-state index contributed by atoms with van der Waals surface area (Å²) in [6.45, 7) is 5.52. The number of rotatable bonds is 4. The molecule has 3 aromatic rings. The van der Waals surface area contributed by atoms with Crippen molar-refractivity contribution in [3.63, 3.8) is 0 Å². The number of nitrogens with zero attached hydrogens (tertiary/aromatic N) is 5. The lowest BCUT2D eigenvalue weighted by molar-refractivity contribution is 0.0944. The average Bonchev–Trinajstić information content (AvgIpc) is 3.10. The molecule has 124 valence electrons. The van der Waals surface area contributed by atoms with Crippen LogP contribution in [0.3, 0.4) is 0 Å². The number of aryl methyl sites for hydroxylation is 3. The van der Waals surface area contributed by atoms with E-state index in [-0.39, 0.29) is 18.2 Å². The van der Waals surface area contributed by atoms with Gasteiger partial charge in [-0.1, -0.05) is 0 Å². The second-order valence-electron chi connectivity index (χ2n) is 5.31. The minimum Gasteiger partial charge on any atom is -0.343 e. The van der Waals surface area contributed by atoms with Crippen molar-refractivity contribution in [2.75, 3.05) is 0 Å². The summed E-state index contributed by atoms with van der Waals surface area (Å²) < 4.78 is 1.13. The van der Waals surface area contributed by atoms with Crippen molar-refractivity contribution in [3.8, 4) is 5.95 Å². The van der Waals surface area contributed by atoms with Crippen molar-refractivity contribution in [3.05, 3.63) is 51.2 Å². The summed E-state index contributed by atoms with van der Waals surface area (Å²) in [5.41, 5.74) is 1.14. The molecule has 0 bridgehead atoms. The molecule has 3 rings (SSSR count). The van der Waals surface area contributed by atoms with Crippen LogP contribution in [0.1, 0.15) is 33.5 Å². The van der Waals surface area contributed by atoms with Crippen LogP contribution in [0, 0.1) is 20.8 Å². The summed E-state index contributed by atoms with van der Waals surface area (Å²) in [4.78, 5) is 36.7. The molecule has 0 radical (unpaired) electrons. The van der Waals surface area contributed by atoms with Gasteiger partial charge in [-0.05, 0) is 26.8 Å². The topological polar surface area (TPSA) is 134 Å². The van der Waals surface area contributed by atoms with Gasteiger partial charge in [0.15, 0.2) is 5.82 Å². The molecule has 3 heterocycles. The van der Waals surface area contributed by atoms with Crippen LogP contribution in [0.5, 0.6) is 0 Å². The van der Waals surface area contributed by atoms with Crippen molar-refractivity contribution >= 4 is 5.91 Å². The molecule has 0 spiro atoms. The maximum atomic E-state index is 12.2. The van der Waals surface area contributed by atoms with E-state index >= 15 is 0 Å². The van der Waals surface area contributed by atoms with Crippen molar-refractivity contribution in [1.29, 1.82) is 0 Å². The van der Waals surface area contributed by atoms with Gasteiger partial charge in [0.05, 0.1) is 6.54 Å². The summed E-state index contributed by atoms with van der Waals surface area (Å²) >= 11 is 0. The number of carbonyl (C=O) groups is 1. The first-order valence-electron chi connectivity index (χ1n) is 7.23. The van der Waals surface area contributed by atoms with Crippen LogP contribution in [-0.2, 0) is 6.54 Å². The van der Waals surface area contributed by atoms with E-state index in [1.54, 1.807) is 26.8 Å². The quantitative estimate of drug-likeness (QED) is 0.613. The van der Waals surface area contributed by atoms with Gasteiger partial charge in [0.1, 0.15) is 11.5 Å². The number of aromatic amines is 2. The van der Waals surface area contributed by atoms with Crippen LogP contribution < -0.4 is 10.9 Å². The van der Waals surface area contributed by atoms with Gasteiger partial charge in [-0.25, -0.2) is 15.0 Å². The van der Waals surface area contributed by atoms with E-state index in [9.17, 15) is 9.59 Å². The highest BCUT2D eigenvalue weighted by molar-refractivity contribution is 5.92. The zero-order valence-electron chi connectivity index (χ0n) is 13.4. The molecule has 0 atom stereocenters. The zero-order valence-corrected chi connectivity index (χ0v) is 13.4. The third-order valence-electron chi connectivity index (χ3n) is 3.19. The number of amides is 1. The van der Waals surface area contributed by atoms with Crippen LogP contribution >= 0.6 is 0 Å². The van der Waals surface area contributed by atoms with Crippen LogP contribution in [0.2, 0.25) is 0 Å². The molecule has 10 heteroatoms. The average molecular weight is 328 g/mol. The maximum absolute atomic E-state index is 12.2. The van der Waals surface area contributed by atoms with Gasteiger partial charge in [0.25, 0.3) is 17.4 Å². The first-order chi connectivity index (χ1) is 11.4. The molecule has 0 aromatic carbocycles. The van der Waals surface area contributed by atoms with Gasteiger partial charge in [-0.2, -0.15) is 9.78 Å². The normalized spacial score (nSPS) is 10.8. The van der Waals surface area contributed by atoms with Gasteiger partial charge in [0.2, 0.25) is 0 Å². The Morgan fingerprint density at radius 2 is 1.88 bits per heavy atom. The lowest BCUT2D eigenvalue weighted by Crippen LogP contribution is -2.24. The lowest BCUT2D eigenvalue weighted by atomic mass is 10.4. The lowest BCUT2D eigenvalue weighted by Gasteiger charge is -2.03. The summed E-state index contributed by atoms with van der Waals surface area (Å²) in [5, 5.41) is 12.0. The Labute approximate surface area is 136 Å². The van der Waals surface area contributed by atoms with Gasteiger partial charge in [0, 0.05) is 17.5 Å². The SMILES string of the molecule is Cc1cc(C)nc(-n2[nH]c(C(=O)NCc3n[nH]c(C)n3)cc2=O)n1. The third-order valence-corrected chi connectivity index (χ3v) is 3.19. The number of carbonyl (C=O) groups excluding carboxylic acids is 1. The van der Waals surface area contributed by atoms with Crippen molar-refractivity contribution in [2.45, 2.75) is 27.3 Å². The van der Waals surface area contributed by atoms with Crippen LogP contribution in [0.15, 0.2) is 16.9 Å². The number of nitrogens with one attached hydrogen (secondary N) is 3. The first kappa shape index (κ1) is 15.6. The van der Waals surface area contributed by atoms with E-state index in [2.05, 4.69) is 35.6 Å². The Bertz CT molecular complexity index is 932. The molecule has 0 unspecified atom stereocenters. The minimum absolute atomic E-state index is 0.106. The molecule has 0 saturated heterocycles. The maximum Gasteiger partial charge on any atom is 0.274 e. The number of H-pyrrole nitrogens is 2. The predicted octanol–water partition coefficient (Wildman–Crippen LogP) is -0.0710. The fourth-order valence-electron chi connectivity index (χ4n) is 2.19. The predicted molar refractivity (Wildman–Crippen MR) is 83.7 cm³/mol. The molecule has 0 aliphatic rings. The Morgan fingerprint density at radius 3 is 2.50 bits per heavy atom. The fraction of sp³-hybridized carbons (Fsp3) is 0.286. The Morgan fingerprint density at radius 1 is 1.17 bits per heavy atom. The molecule has 0 aliphatic carbocycles. The van der Waals surface area contributed by atoms with E-state index in [1.165, 1.54) is 6.07 Å². The molecule has 1 amide bonds. The second-order valence-corrected chi connectivity index (χ2v) is 5.31. The van der Waals surface area contributed by atoms with Gasteiger partial charge >= 0.3 is 0 Å². The molecular formula is C14H16N8O2. The van der Waals surface area contributed by atoms with Crippen LogP contribution in [-0.4, -0.2) is 40.8 Å². The standard InChI is InChI=1S/C14H16N8O2/c1-7-4-8(2)17-14(16-7)22-12(23)5-10(21-22)13(24)15-6-11-18-9(3)19-20-11/h4-5,21H,6H2,1-3H3,(H,15,24)(H,18,19,20). The summed E-state index contributed by atoms with van der Waals surface area (Å²) in [6, 6.07) is 2.99. The molecule has 0 saturated carbocycles. The number of hydrogen-bond donors (Lipinski definition) is 3. The van der Waals surface area contributed by atoms with Crippen molar-refractivity contribution in [2.24, 2.45) is 0 Å². The molecule has 3 aromatic heterocycles. The van der Waals surface area contributed by atoms with Crippen LogP contribution in [0.4, 0.5) is 0 Å². The third kappa shape index (κ3) is 3.21. The smallest absolute Gasteiger partial charge is 0.274 e. The fourth-order valence-corrected chi connectivity index (χ4v) is 2.19. The summed E-state index contributed by atoms with van der Waals surface area (Å²) in [7, 11) is 0. The van der Waals surface area contributed by atoms with Gasteiger partial charge in [-0.3, -0.25) is 19.8 Å². The molecule has 0 aliphatic heterocycles. The highest BCUT2D eigenvalue weighted by Gasteiger charge is 2.14. The molecular weight excluding hydrogens is 312 g/mol. The monoisotopic (exact) mass is 328 g/mol.